The van der Waals surface area contributed by atoms with E-state index in [0.29, 0.717) is 0 Å². The van der Waals surface area contributed by atoms with Crippen LogP contribution in [0.5, 0.6) is 0 Å². The summed E-state index contributed by atoms with van der Waals surface area (Å²) in [5, 5.41) is 13.8. The highest BCUT2D eigenvalue weighted by molar-refractivity contribution is 5.85. The van der Waals surface area contributed by atoms with Crippen LogP contribution in [0, 0.1) is 0 Å². The van der Waals surface area contributed by atoms with E-state index in [1.165, 1.54) is 0 Å². The maximum atomic E-state index is 10.5. The van der Waals surface area contributed by atoms with Gasteiger partial charge in [-0.05, 0) is 18.9 Å². The number of benzene rings is 1. The van der Waals surface area contributed by atoms with Gasteiger partial charge >= 0.3 is 0 Å². The lowest BCUT2D eigenvalue weighted by Crippen LogP contribution is -2.45. The van der Waals surface area contributed by atoms with Crippen molar-refractivity contribution in [3.63, 3.8) is 0 Å². The third-order valence-corrected chi connectivity index (χ3v) is 3.52. The molecule has 0 amide bonds. The lowest BCUT2D eigenvalue weighted by atomic mass is 9.92. The van der Waals surface area contributed by atoms with E-state index in [9.17, 15) is 5.11 Å². The molecule has 1 unspecified atom stereocenters. The number of hydrogen-bond donors (Lipinski definition) is 2. The highest BCUT2D eigenvalue weighted by Crippen LogP contribution is 2.24. The number of nitrogens with one attached hydrogen (secondary N) is 1. The van der Waals surface area contributed by atoms with Gasteiger partial charge in [0.2, 0.25) is 0 Å². The van der Waals surface area contributed by atoms with Crippen LogP contribution >= 0.6 is 24.8 Å². The van der Waals surface area contributed by atoms with E-state index in [-0.39, 0.29) is 24.8 Å². The minimum Gasteiger partial charge on any atom is -0.385 e. The van der Waals surface area contributed by atoms with Crippen molar-refractivity contribution in [3.05, 3.63) is 35.9 Å². The van der Waals surface area contributed by atoms with Crippen LogP contribution in [0.4, 0.5) is 0 Å². The van der Waals surface area contributed by atoms with Gasteiger partial charge in [0.15, 0.2) is 0 Å². The Morgan fingerprint density at radius 3 is 2.32 bits per heavy atom. The maximum absolute atomic E-state index is 10.5. The number of rotatable bonds is 4. The molecule has 19 heavy (non-hydrogen) atoms. The molecule has 1 aliphatic rings. The van der Waals surface area contributed by atoms with Gasteiger partial charge < -0.3 is 15.3 Å². The van der Waals surface area contributed by atoms with E-state index in [2.05, 4.69) is 10.2 Å². The number of nitrogens with zero attached hydrogens (tertiary/aromatic N) is 1. The number of hydrogen-bond acceptors (Lipinski definition) is 3. The second kappa shape index (κ2) is 8.77. The third kappa shape index (κ3) is 5.67. The smallest absolute Gasteiger partial charge is 0.0880 e. The standard InChI is InChI=1S/C14H22N2O.2ClH/c1-14(17,13-5-3-2-4-6-13)7-10-16-11-8-15-9-12-16;;/h2-6,15,17H,7-12H2,1H3;2*1H. The summed E-state index contributed by atoms with van der Waals surface area (Å²) in [4.78, 5) is 2.41. The SMILES string of the molecule is CC(O)(CCN1CCNCC1)c1ccccc1.Cl.Cl. The molecule has 2 rings (SSSR count). The van der Waals surface area contributed by atoms with Crippen LogP contribution in [-0.4, -0.2) is 42.7 Å². The van der Waals surface area contributed by atoms with Gasteiger partial charge in [-0.15, -0.1) is 24.8 Å². The molecule has 1 aromatic rings. The van der Waals surface area contributed by atoms with Crippen molar-refractivity contribution in [2.24, 2.45) is 0 Å². The predicted molar refractivity (Wildman–Crippen MR) is 84.4 cm³/mol. The molecule has 0 saturated carbocycles. The van der Waals surface area contributed by atoms with Gasteiger partial charge in [0.25, 0.3) is 0 Å². The Hall–Kier alpha value is -0.320. The van der Waals surface area contributed by atoms with Crippen LogP contribution in [-0.2, 0) is 5.60 Å². The zero-order valence-electron chi connectivity index (χ0n) is 11.3. The van der Waals surface area contributed by atoms with E-state index in [1.54, 1.807) is 0 Å². The van der Waals surface area contributed by atoms with Crippen LogP contribution < -0.4 is 5.32 Å². The molecule has 1 atom stereocenters. The highest BCUT2D eigenvalue weighted by Gasteiger charge is 2.23. The zero-order chi connectivity index (χ0) is 12.1. The van der Waals surface area contributed by atoms with E-state index in [0.717, 1.165) is 44.7 Å². The fourth-order valence-electron chi connectivity index (χ4n) is 2.25. The van der Waals surface area contributed by atoms with Gasteiger partial charge in [0.05, 0.1) is 5.60 Å². The maximum Gasteiger partial charge on any atom is 0.0880 e. The van der Waals surface area contributed by atoms with Crippen LogP contribution in [0.3, 0.4) is 0 Å². The van der Waals surface area contributed by atoms with Crippen LogP contribution in [0.1, 0.15) is 18.9 Å². The van der Waals surface area contributed by atoms with Gasteiger partial charge in [-0.25, -0.2) is 0 Å². The largest absolute Gasteiger partial charge is 0.385 e. The third-order valence-electron chi connectivity index (χ3n) is 3.52. The normalized spacial score (nSPS) is 18.8. The lowest BCUT2D eigenvalue weighted by Gasteiger charge is -2.31. The first-order valence-electron chi connectivity index (χ1n) is 6.39. The van der Waals surface area contributed by atoms with Crippen molar-refractivity contribution in [1.82, 2.24) is 10.2 Å². The first-order chi connectivity index (χ1) is 8.18. The Bertz CT molecular complexity index is 341. The summed E-state index contributed by atoms with van der Waals surface area (Å²) in [6.07, 6.45) is 0.789. The molecule has 0 aliphatic carbocycles. The Labute approximate surface area is 128 Å². The zero-order valence-corrected chi connectivity index (χ0v) is 13.0. The van der Waals surface area contributed by atoms with E-state index < -0.39 is 5.60 Å². The van der Waals surface area contributed by atoms with Crippen molar-refractivity contribution < 1.29 is 5.11 Å². The Balaban J connectivity index is 0.00000162. The summed E-state index contributed by atoms with van der Waals surface area (Å²) < 4.78 is 0. The minimum atomic E-state index is -0.716. The van der Waals surface area contributed by atoms with E-state index in [4.69, 9.17) is 0 Å². The Kier molecular flexibility index (Phi) is 8.62. The molecular weight excluding hydrogens is 283 g/mol. The molecule has 0 aromatic heterocycles. The molecule has 0 spiro atoms. The summed E-state index contributed by atoms with van der Waals surface area (Å²) in [6, 6.07) is 9.94. The summed E-state index contributed by atoms with van der Waals surface area (Å²) in [7, 11) is 0. The van der Waals surface area contributed by atoms with Crippen molar-refractivity contribution in [2.75, 3.05) is 32.7 Å². The van der Waals surface area contributed by atoms with Crippen molar-refractivity contribution in [3.8, 4) is 0 Å². The molecule has 5 heteroatoms. The molecular formula is C14H24Cl2N2O. The molecule has 0 bridgehead atoms. The minimum absolute atomic E-state index is 0. The molecule has 1 aromatic carbocycles. The molecule has 1 aliphatic heterocycles. The van der Waals surface area contributed by atoms with Gasteiger partial charge in [0.1, 0.15) is 0 Å². The quantitative estimate of drug-likeness (QED) is 0.893. The van der Waals surface area contributed by atoms with Crippen LogP contribution in [0.2, 0.25) is 0 Å². The fourth-order valence-corrected chi connectivity index (χ4v) is 2.25. The van der Waals surface area contributed by atoms with Crippen LogP contribution in [0.25, 0.3) is 0 Å². The summed E-state index contributed by atoms with van der Waals surface area (Å²) in [5.41, 5.74) is 0.293. The molecule has 1 saturated heterocycles. The van der Waals surface area contributed by atoms with Crippen molar-refractivity contribution >= 4 is 24.8 Å². The number of piperazine rings is 1. The summed E-state index contributed by atoms with van der Waals surface area (Å²) in [6.45, 7) is 7.17. The second-order valence-corrected chi connectivity index (χ2v) is 4.98. The number of halogens is 2. The van der Waals surface area contributed by atoms with Gasteiger partial charge in [-0.3, -0.25) is 0 Å². The molecule has 110 valence electrons. The summed E-state index contributed by atoms with van der Waals surface area (Å²) in [5.74, 6) is 0. The topological polar surface area (TPSA) is 35.5 Å². The van der Waals surface area contributed by atoms with Gasteiger partial charge in [-0.1, -0.05) is 30.3 Å². The van der Waals surface area contributed by atoms with Crippen molar-refractivity contribution in [2.45, 2.75) is 18.9 Å². The molecule has 1 heterocycles. The lowest BCUT2D eigenvalue weighted by molar-refractivity contribution is 0.0345. The fraction of sp³-hybridized carbons (Fsp3) is 0.571. The van der Waals surface area contributed by atoms with Crippen LogP contribution in [0.15, 0.2) is 30.3 Å². The average molecular weight is 307 g/mol. The molecule has 3 nitrogen and oxygen atoms in total. The molecule has 0 radical (unpaired) electrons. The molecule has 1 fully saturated rings. The van der Waals surface area contributed by atoms with E-state index in [1.807, 2.05) is 37.3 Å². The van der Waals surface area contributed by atoms with Crippen molar-refractivity contribution in [1.29, 1.82) is 0 Å². The first-order valence-corrected chi connectivity index (χ1v) is 6.39. The molecule has 2 N–H and O–H groups in total. The number of aliphatic hydroxyl groups is 1. The second-order valence-electron chi connectivity index (χ2n) is 4.98. The Morgan fingerprint density at radius 1 is 1.16 bits per heavy atom. The monoisotopic (exact) mass is 306 g/mol. The van der Waals surface area contributed by atoms with Gasteiger partial charge in [-0.2, -0.15) is 0 Å². The van der Waals surface area contributed by atoms with Gasteiger partial charge in [0, 0.05) is 32.7 Å². The predicted octanol–water partition coefficient (Wildman–Crippen LogP) is 2.03. The van der Waals surface area contributed by atoms with E-state index >= 15 is 0 Å². The first kappa shape index (κ1) is 18.7. The summed E-state index contributed by atoms with van der Waals surface area (Å²) >= 11 is 0. The Morgan fingerprint density at radius 2 is 1.74 bits per heavy atom. The highest BCUT2D eigenvalue weighted by atomic mass is 35.5. The average Bonchev–Trinajstić information content (AvgIpc) is 2.39.